The lowest BCUT2D eigenvalue weighted by atomic mass is 10.1. The lowest BCUT2D eigenvalue weighted by molar-refractivity contribution is -0.123. The van der Waals surface area contributed by atoms with Gasteiger partial charge in [-0.3, -0.25) is 15.1 Å². The fraction of sp³-hybridized carbons (Fsp3) is 0.467. The Morgan fingerprint density at radius 1 is 1.05 bits per heavy atom. The summed E-state index contributed by atoms with van der Waals surface area (Å²) in [5.74, 6) is -0.198. The zero-order valence-corrected chi connectivity index (χ0v) is 12.3. The number of rotatable bonds is 3. The number of nitrogens with one attached hydrogen (secondary N) is 3. The topological polar surface area (TPSA) is 73.5 Å². The average molecular weight is 290 g/mol. The van der Waals surface area contributed by atoms with Crippen LogP contribution in [-0.2, 0) is 4.79 Å². The highest BCUT2D eigenvalue weighted by atomic mass is 16.2. The van der Waals surface area contributed by atoms with E-state index in [9.17, 15) is 9.59 Å². The first-order valence-corrected chi connectivity index (χ1v) is 7.28. The predicted octanol–water partition coefficient (Wildman–Crippen LogP) is 1.63. The van der Waals surface area contributed by atoms with E-state index in [-0.39, 0.29) is 5.91 Å². The van der Waals surface area contributed by atoms with Gasteiger partial charge < -0.3 is 5.32 Å². The summed E-state index contributed by atoms with van der Waals surface area (Å²) in [7, 11) is 0. The van der Waals surface area contributed by atoms with E-state index < -0.39 is 6.03 Å². The van der Waals surface area contributed by atoms with E-state index in [1.807, 2.05) is 31.2 Å². The van der Waals surface area contributed by atoms with Crippen LogP contribution in [0.5, 0.6) is 0 Å². The summed E-state index contributed by atoms with van der Waals surface area (Å²) in [6.45, 7) is 4.20. The Morgan fingerprint density at radius 2 is 1.71 bits per heavy atom. The van der Waals surface area contributed by atoms with Gasteiger partial charge in [0, 0.05) is 5.69 Å². The third-order valence-electron chi connectivity index (χ3n) is 3.44. The number of hydrazine groups is 1. The maximum absolute atomic E-state index is 11.7. The molecule has 0 radical (unpaired) electrons. The van der Waals surface area contributed by atoms with Crippen LogP contribution in [-0.4, -0.2) is 36.5 Å². The number of amides is 3. The fourth-order valence-corrected chi connectivity index (χ4v) is 2.29. The van der Waals surface area contributed by atoms with Crippen molar-refractivity contribution < 1.29 is 9.59 Å². The Morgan fingerprint density at radius 3 is 2.38 bits per heavy atom. The number of carbonyl (C=O) groups is 2. The molecule has 6 nitrogen and oxygen atoms in total. The highest BCUT2D eigenvalue weighted by Gasteiger charge is 2.14. The average Bonchev–Trinajstić information content (AvgIpc) is 2.49. The van der Waals surface area contributed by atoms with Crippen LogP contribution >= 0.6 is 0 Å². The minimum absolute atomic E-state index is 0.198. The molecule has 21 heavy (non-hydrogen) atoms. The summed E-state index contributed by atoms with van der Waals surface area (Å²) >= 11 is 0. The van der Waals surface area contributed by atoms with Crippen LogP contribution in [0.2, 0.25) is 0 Å². The third-order valence-corrected chi connectivity index (χ3v) is 3.44. The first-order valence-electron chi connectivity index (χ1n) is 7.28. The van der Waals surface area contributed by atoms with E-state index in [0.29, 0.717) is 12.2 Å². The van der Waals surface area contributed by atoms with Crippen LogP contribution < -0.4 is 16.2 Å². The number of aryl methyl sites for hydroxylation is 1. The molecule has 0 bridgehead atoms. The highest BCUT2D eigenvalue weighted by Crippen LogP contribution is 2.08. The molecule has 1 aliphatic rings. The lowest BCUT2D eigenvalue weighted by Crippen LogP contribution is -2.48. The van der Waals surface area contributed by atoms with Gasteiger partial charge in [-0.2, -0.15) is 0 Å². The number of anilines is 1. The zero-order chi connectivity index (χ0) is 15.1. The first-order chi connectivity index (χ1) is 10.1. The molecular weight excluding hydrogens is 268 g/mol. The van der Waals surface area contributed by atoms with E-state index in [0.717, 1.165) is 31.5 Å². The second-order valence-electron chi connectivity index (χ2n) is 5.33. The van der Waals surface area contributed by atoms with Crippen molar-refractivity contribution in [2.75, 3.05) is 25.0 Å². The summed E-state index contributed by atoms with van der Waals surface area (Å²) in [6.07, 6.45) is 3.50. The van der Waals surface area contributed by atoms with E-state index in [1.165, 1.54) is 6.42 Å². The van der Waals surface area contributed by atoms with Crippen LogP contribution in [0.4, 0.5) is 10.5 Å². The number of piperidine rings is 1. The third kappa shape index (κ3) is 5.43. The van der Waals surface area contributed by atoms with Crippen molar-refractivity contribution in [1.82, 2.24) is 15.8 Å². The van der Waals surface area contributed by atoms with Gasteiger partial charge in [0.25, 0.3) is 5.91 Å². The Balaban J connectivity index is 1.68. The second-order valence-corrected chi connectivity index (χ2v) is 5.33. The lowest BCUT2D eigenvalue weighted by Gasteiger charge is -2.25. The predicted molar refractivity (Wildman–Crippen MR) is 81.8 cm³/mol. The molecule has 1 aliphatic heterocycles. The summed E-state index contributed by atoms with van der Waals surface area (Å²) in [6, 6.07) is 6.98. The van der Waals surface area contributed by atoms with Crippen molar-refractivity contribution in [3.05, 3.63) is 29.8 Å². The van der Waals surface area contributed by atoms with Gasteiger partial charge in [0.15, 0.2) is 0 Å². The van der Waals surface area contributed by atoms with Gasteiger partial charge in [0.1, 0.15) is 0 Å². The van der Waals surface area contributed by atoms with Crippen molar-refractivity contribution in [1.29, 1.82) is 0 Å². The van der Waals surface area contributed by atoms with Gasteiger partial charge in [-0.15, -0.1) is 0 Å². The number of hydrogen-bond donors (Lipinski definition) is 3. The summed E-state index contributed by atoms with van der Waals surface area (Å²) in [5.41, 5.74) is 6.58. The number of carbonyl (C=O) groups excluding carboxylic acids is 2. The van der Waals surface area contributed by atoms with Crippen molar-refractivity contribution >= 4 is 17.6 Å². The number of nitrogens with zero attached hydrogens (tertiary/aromatic N) is 1. The first kappa shape index (κ1) is 15.3. The molecule has 1 saturated heterocycles. The summed E-state index contributed by atoms with van der Waals surface area (Å²) in [4.78, 5) is 25.5. The van der Waals surface area contributed by atoms with Crippen molar-refractivity contribution in [3.8, 4) is 0 Å². The number of urea groups is 1. The minimum Gasteiger partial charge on any atom is -0.307 e. The monoisotopic (exact) mass is 290 g/mol. The molecule has 6 heteroatoms. The molecule has 1 fully saturated rings. The Hall–Kier alpha value is -2.08. The summed E-state index contributed by atoms with van der Waals surface area (Å²) < 4.78 is 0. The Labute approximate surface area is 124 Å². The molecule has 0 unspecified atom stereocenters. The second kappa shape index (κ2) is 7.64. The molecule has 2 rings (SSSR count). The molecule has 3 amide bonds. The van der Waals surface area contributed by atoms with Crippen LogP contribution in [0, 0.1) is 6.92 Å². The fourth-order valence-electron chi connectivity index (χ4n) is 2.29. The van der Waals surface area contributed by atoms with Gasteiger partial charge in [-0.05, 0) is 45.0 Å². The zero-order valence-electron chi connectivity index (χ0n) is 12.3. The van der Waals surface area contributed by atoms with E-state index >= 15 is 0 Å². The van der Waals surface area contributed by atoms with Crippen LogP contribution in [0.3, 0.4) is 0 Å². The van der Waals surface area contributed by atoms with E-state index in [1.54, 1.807) is 0 Å². The van der Waals surface area contributed by atoms with Gasteiger partial charge in [-0.1, -0.05) is 24.1 Å². The van der Waals surface area contributed by atoms with Gasteiger partial charge >= 0.3 is 6.03 Å². The molecule has 0 aliphatic carbocycles. The minimum atomic E-state index is -0.453. The van der Waals surface area contributed by atoms with Crippen LogP contribution in [0.25, 0.3) is 0 Å². The molecular formula is C15H22N4O2. The highest BCUT2D eigenvalue weighted by molar-refractivity contribution is 5.91. The Kier molecular flexibility index (Phi) is 5.57. The van der Waals surface area contributed by atoms with E-state index in [2.05, 4.69) is 21.1 Å². The quantitative estimate of drug-likeness (QED) is 0.741. The molecule has 3 N–H and O–H groups in total. The van der Waals surface area contributed by atoms with Gasteiger partial charge in [0.05, 0.1) is 6.54 Å². The van der Waals surface area contributed by atoms with Crippen LogP contribution in [0.1, 0.15) is 24.8 Å². The maximum Gasteiger partial charge on any atom is 0.337 e. The van der Waals surface area contributed by atoms with Crippen molar-refractivity contribution in [3.63, 3.8) is 0 Å². The van der Waals surface area contributed by atoms with Crippen LogP contribution in [0.15, 0.2) is 24.3 Å². The molecule has 0 spiro atoms. The normalized spacial score (nSPS) is 15.3. The number of benzene rings is 1. The van der Waals surface area contributed by atoms with Crippen molar-refractivity contribution in [2.45, 2.75) is 26.2 Å². The van der Waals surface area contributed by atoms with Gasteiger partial charge in [0.2, 0.25) is 0 Å². The smallest absolute Gasteiger partial charge is 0.307 e. The molecule has 0 aromatic heterocycles. The SMILES string of the molecule is Cc1ccc(NC(=O)NNC(=O)CN2CCCCC2)cc1. The maximum atomic E-state index is 11.7. The molecule has 1 aromatic carbocycles. The molecule has 114 valence electrons. The van der Waals surface area contributed by atoms with E-state index in [4.69, 9.17) is 0 Å². The van der Waals surface area contributed by atoms with Crippen molar-refractivity contribution in [2.24, 2.45) is 0 Å². The molecule has 1 aromatic rings. The molecule has 1 heterocycles. The molecule has 0 atom stereocenters. The largest absolute Gasteiger partial charge is 0.337 e. The standard InChI is InChI=1S/C15H22N4O2/c1-12-5-7-13(8-6-12)16-15(21)18-17-14(20)11-19-9-3-2-4-10-19/h5-8H,2-4,9-11H2,1H3,(H,17,20)(H2,16,18,21). The number of likely N-dealkylation sites (tertiary alicyclic amines) is 1. The molecule has 0 saturated carbocycles. The Bertz CT molecular complexity index is 481. The summed E-state index contributed by atoms with van der Waals surface area (Å²) in [5, 5.41) is 2.65. The van der Waals surface area contributed by atoms with Gasteiger partial charge in [-0.25, -0.2) is 10.2 Å². The number of hydrogen-bond acceptors (Lipinski definition) is 3.